The van der Waals surface area contributed by atoms with E-state index in [-0.39, 0.29) is 12.7 Å². The Labute approximate surface area is 165 Å². The Bertz CT molecular complexity index is 854. The quantitative estimate of drug-likeness (QED) is 0.832. The summed E-state index contributed by atoms with van der Waals surface area (Å²) in [6, 6.07) is 13.9. The van der Waals surface area contributed by atoms with Crippen molar-refractivity contribution in [3.8, 4) is 5.75 Å². The van der Waals surface area contributed by atoms with Crippen molar-refractivity contribution in [2.75, 3.05) is 37.7 Å². The maximum Gasteiger partial charge on any atom is 0.414 e. The number of aryl methyl sites for hydroxylation is 1. The summed E-state index contributed by atoms with van der Waals surface area (Å²) in [5.74, 6) is 0.813. The number of fused-ring (bicyclic) bond motifs is 1. The predicted molar refractivity (Wildman–Crippen MR) is 107 cm³/mol. The van der Waals surface area contributed by atoms with Crippen LogP contribution < -0.4 is 9.64 Å². The van der Waals surface area contributed by atoms with Crippen molar-refractivity contribution >= 4 is 11.8 Å². The highest BCUT2D eigenvalue weighted by molar-refractivity contribution is 5.90. The number of rotatable bonds is 6. The van der Waals surface area contributed by atoms with Gasteiger partial charge in [0.25, 0.3) is 0 Å². The molecule has 4 rings (SSSR count). The number of hydrogen-bond acceptors (Lipinski definition) is 5. The molecule has 0 saturated carbocycles. The summed E-state index contributed by atoms with van der Waals surface area (Å²) in [6.07, 6.45) is 0.0261. The number of cyclic esters (lactones) is 1. The maximum atomic E-state index is 11.9. The molecule has 0 bridgehead atoms. The lowest BCUT2D eigenvalue weighted by atomic mass is 9.97. The number of benzene rings is 2. The van der Waals surface area contributed by atoms with Gasteiger partial charge >= 0.3 is 6.09 Å². The number of nitrogens with zero attached hydrogens (tertiary/aromatic N) is 2. The lowest BCUT2D eigenvalue weighted by Crippen LogP contribution is -2.39. The fourth-order valence-electron chi connectivity index (χ4n) is 3.92. The number of hydrogen-bond donors (Lipinski definition) is 1. The monoisotopic (exact) mass is 382 g/mol. The van der Waals surface area contributed by atoms with E-state index < -0.39 is 6.10 Å². The Morgan fingerprint density at radius 1 is 1.18 bits per heavy atom. The van der Waals surface area contributed by atoms with Crippen molar-refractivity contribution in [2.45, 2.75) is 26.0 Å². The van der Waals surface area contributed by atoms with Gasteiger partial charge in [-0.1, -0.05) is 30.3 Å². The van der Waals surface area contributed by atoms with E-state index >= 15 is 0 Å². The van der Waals surface area contributed by atoms with Crippen LogP contribution >= 0.6 is 0 Å². The van der Waals surface area contributed by atoms with Gasteiger partial charge in [-0.05, 0) is 42.2 Å². The van der Waals surface area contributed by atoms with Crippen LogP contribution in [0.4, 0.5) is 10.5 Å². The molecule has 2 aromatic carbocycles. The van der Waals surface area contributed by atoms with Gasteiger partial charge in [0.15, 0.2) is 0 Å². The van der Waals surface area contributed by atoms with Gasteiger partial charge in [-0.15, -0.1) is 0 Å². The first-order valence-electron chi connectivity index (χ1n) is 9.76. The zero-order chi connectivity index (χ0) is 19.5. The second-order valence-corrected chi connectivity index (χ2v) is 7.40. The minimum Gasteiger partial charge on any atom is -0.491 e. The Balaban J connectivity index is 1.36. The molecule has 148 valence electrons. The fraction of sp³-hybridized carbons (Fsp3) is 0.409. The van der Waals surface area contributed by atoms with Crippen LogP contribution in [0, 0.1) is 6.92 Å². The molecule has 6 heteroatoms. The number of carbonyl (C=O) groups excluding carboxylic acids is 1. The summed E-state index contributed by atoms with van der Waals surface area (Å²) in [5, 5.41) is 10.4. The molecule has 0 aromatic heterocycles. The van der Waals surface area contributed by atoms with Gasteiger partial charge < -0.3 is 14.6 Å². The molecule has 0 aliphatic carbocycles. The first-order valence-corrected chi connectivity index (χ1v) is 9.76. The summed E-state index contributed by atoms with van der Waals surface area (Å²) in [4.78, 5) is 15.9. The topological polar surface area (TPSA) is 62.2 Å². The van der Waals surface area contributed by atoms with Crippen LogP contribution in [0.25, 0.3) is 0 Å². The number of aliphatic hydroxyl groups is 1. The largest absolute Gasteiger partial charge is 0.491 e. The van der Waals surface area contributed by atoms with Gasteiger partial charge in [0.2, 0.25) is 0 Å². The zero-order valence-corrected chi connectivity index (χ0v) is 16.1. The average molecular weight is 382 g/mol. The highest BCUT2D eigenvalue weighted by atomic mass is 16.6. The molecule has 1 saturated heterocycles. The smallest absolute Gasteiger partial charge is 0.414 e. The molecule has 2 aromatic rings. The van der Waals surface area contributed by atoms with Crippen molar-refractivity contribution in [2.24, 2.45) is 0 Å². The Morgan fingerprint density at radius 3 is 2.82 bits per heavy atom. The van der Waals surface area contributed by atoms with Crippen LogP contribution in [0.5, 0.6) is 5.75 Å². The Kier molecular flexibility index (Phi) is 5.50. The molecule has 1 amide bonds. The Morgan fingerprint density at radius 2 is 2.04 bits per heavy atom. The third kappa shape index (κ3) is 3.98. The average Bonchev–Trinajstić information content (AvgIpc) is 3.12. The molecule has 1 fully saturated rings. The molecule has 0 radical (unpaired) electrons. The molecular formula is C22H26N2O4. The Hall–Kier alpha value is -2.57. The van der Waals surface area contributed by atoms with E-state index in [0.29, 0.717) is 19.7 Å². The highest BCUT2D eigenvalue weighted by Crippen LogP contribution is 2.30. The third-order valence-corrected chi connectivity index (χ3v) is 5.37. The van der Waals surface area contributed by atoms with Crippen molar-refractivity contribution in [1.29, 1.82) is 0 Å². The molecule has 2 heterocycles. The molecule has 0 spiro atoms. The first kappa shape index (κ1) is 18.8. The fourth-order valence-corrected chi connectivity index (χ4v) is 3.92. The SMILES string of the molecule is Cc1ccccc1OCC(O)CN1CCc2c(cccc2N2CCOC2=O)C1. The van der Waals surface area contributed by atoms with Crippen molar-refractivity contribution in [1.82, 2.24) is 4.90 Å². The van der Waals surface area contributed by atoms with Gasteiger partial charge in [-0.2, -0.15) is 0 Å². The van der Waals surface area contributed by atoms with Gasteiger partial charge in [-0.25, -0.2) is 4.79 Å². The maximum absolute atomic E-state index is 11.9. The van der Waals surface area contributed by atoms with Gasteiger partial charge in [-0.3, -0.25) is 9.80 Å². The minimum absolute atomic E-state index is 0.264. The number of anilines is 1. The van der Waals surface area contributed by atoms with E-state index in [1.807, 2.05) is 43.3 Å². The molecule has 1 N–H and O–H groups in total. The standard InChI is InChI=1S/C22H26N2O4/c1-16-5-2-3-8-21(16)28-15-18(25)14-23-10-9-19-17(13-23)6-4-7-20(19)24-11-12-27-22(24)26/h2-8,18,25H,9-15H2,1H3. The van der Waals surface area contributed by atoms with E-state index in [2.05, 4.69) is 11.0 Å². The summed E-state index contributed by atoms with van der Waals surface area (Å²) in [6.45, 7) is 5.48. The van der Waals surface area contributed by atoms with Gasteiger partial charge in [0.1, 0.15) is 25.1 Å². The van der Waals surface area contributed by atoms with Crippen molar-refractivity contribution in [3.63, 3.8) is 0 Å². The third-order valence-electron chi connectivity index (χ3n) is 5.37. The highest BCUT2D eigenvalue weighted by Gasteiger charge is 2.28. The second-order valence-electron chi connectivity index (χ2n) is 7.40. The minimum atomic E-state index is -0.558. The van der Waals surface area contributed by atoms with Gasteiger partial charge in [0.05, 0.1) is 12.2 Å². The van der Waals surface area contributed by atoms with E-state index in [4.69, 9.17) is 9.47 Å². The van der Waals surface area contributed by atoms with Crippen LogP contribution in [-0.4, -0.2) is 55.1 Å². The number of para-hydroxylation sites is 1. The molecule has 1 unspecified atom stereocenters. The summed E-state index contributed by atoms with van der Waals surface area (Å²) in [7, 11) is 0. The van der Waals surface area contributed by atoms with Crippen LogP contribution in [-0.2, 0) is 17.7 Å². The molecule has 6 nitrogen and oxygen atoms in total. The predicted octanol–water partition coefficient (Wildman–Crippen LogP) is 2.75. The number of ether oxygens (including phenoxy) is 2. The normalized spacial score (nSPS) is 17.9. The zero-order valence-electron chi connectivity index (χ0n) is 16.1. The van der Waals surface area contributed by atoms with E-state index in [9.17, 15) is 9.90 Å². The second kappa shape index (κ2) is 8.20. The molecule has 1 atom stereocenters. The molecule has 2 aliphatic rings. The van der Waals surface area contributed by atoms with E-state index in [1.54, 1.807) is 4.90 Å². The van der Waals surface area contributed by atoms with Crippen LogP contribution in [0.2, 0.25) is 0 Å². The lowest BCUT2D eigenvalue weighted by molar-refractivity contribution is 0.0636. The number of carbonyl (C=O) groups is 1. The summed E-state index contributed by atoms with van der Waals surface area (Å²) in [5.41, 5.74) is 4.44. The molecule has 28 heavy (non-hydrogen) atoms. The number of β-amino-alcohol motifs (C(OH)–C–C–N with tert-alkyl or cyclic N) is 1. The van der Waals surface area contributed by atoms with E-state index in [1.165, 1.54) is 11.1 Å². The van der Waals surface area contributed by atoms with Gasteiger partial charge in [0, 0.05) is 19.6 Å². The number of amides is 1. The van der Waals surface area contributed by atoms with Crippen molar-refractivity contribution in [3.05, 3.63) is 59.2 Å². The summed E-state index contributed by atoms with van der Waals surface area (Å²) < 4.78 is 10.9. The number of aliphatic hydroxyl groups excluding tert-OH is 1. The van der Waals surface area contributed by atoms with Crippen LogP contribution in [0.1, 0.15) is 16.7 Å². The molecular weight excluding hydrogens is 356 g/mol. The van der Waals surface area contributed by atoms with Crippen LogP contribution in [0.15, 0.2) is 42.5 Å². The summed E-state index contributed by atoms with van der Waals surface area (Å²) >= 11 is 0. The molecule has 2 aliphatic heterocycles. The van der Waals surface area contributed by atoms with Crippen LogP contribution in [0.3, 0.4) is 0 Å². The van der Waals surface area contributed by atoms with E-state index in [0.717, 1.165) is 36.5 Å². The lowest BCUT2D eigenvalue weighted by Gasteiger charge is -2.32. The first-order chi connectivity index (χ1) is 13.6. The van der Waals surface area contributed by atoms with Crippen molar-refractivity contribution < 1.29 is 19.4 Å².